The van der Waals surface area contributed by atoms with E-state index in [9.17, 15) is 0 Å². The van der Waals surface area contributed by atoms with Crippen LogP contribution in [-0.4, -0.2) is 0 Å². The van der Waals surface area contributed by atoms with Gasteiger partial charge in [-0.25, -0.2) is 0 Å². The molecule has 0 bridgehead atoms. The predicted octanol–water partition coefficient (Wildman–Crippen LogP) is 3.33. The van der Waals surface area contributed by atoms with Gasteiger partial charge in [0, 0.05) is 12.0 Å². The second-order valence-corrected chi connectivity index (χ2v) is 4.89. The molecule has 0 radical (unpaired) electrons. The quantitative estimate of drug-likeness (QED) is 0.788. The molecular weight excluding hydrogens is 206 g/mol. The third-order valence-corrected chi connectivity index (χ3v) is 3.89. The number of fused-ring (bicyclic) bond motifs is 1. The summed E-state index contributed by atoms with van der Waals surface area (Å²) in [6, 6.07) is 17.2. The summed E-state index contributed by atoms with van der Waals surface area (Å²) >= 11 is 0. The Bertz CT molecular complexity index is 530. The Morgan fingerprint density at radius 3 is 2.47 bits per heavy atom. The van der Waals surface area contributed by atoms with Gasteiger partial charge in [0.25, 0.3) is 0 Å². The summed E-state index contributed by atoms with van der Waals surface area (Å²) in [5.41, 5.74) is 11.9. The van der Waals surface area contributed by atoms with Crippen molar-refractivity contribution in [3.8, 4) is 0 Å². The van der Waals surface area contributed by atoms with Gasteiger partial charge in [-0.3, -0.25) is 0 Å². The molecule has 0 fully saturated rings. The van der Waals surface area contributed by atoms with Gasteiger partial charge in [-0.1, -0.05) is 48.5 Å². The van der Waals surface area contributed by atoms with Gasteiger partial charge in [-0.05, 0) is 35.6 Å². The van der Waals surface area contributed by atoms with Crippen LogP contribution in [0.2, 0.25) is 0 Å². The average Bonchev–Trinajstić information content (AvgIpc) is 2.70. The number of hydrogen-bond donors (Lipinski definition) is 1. The van der Waals surface area contributed by atoms with Crippen molar-refractivity contribution in [2.24, 2.45) is 5.73 Å². The Hall–Kier alpha value is -1.60. The van der Waals surface area contributed by atoms with Crippen molar-refractivity contribution < 1.29 is 0 Å². The zero-order valence-corrected chi connectivity index (χ0v) is 10.1. The fourth-order valence-corrected chi connectivity index (χ4v) is 2.91. The number of hydrogen-bond acceptors (Lipinski definition) is 1. The van der Waals surface area contributed by atoms with Gasteiger partial charge >= 0.3 is 0 Å². The first-order chi connectivity index (χ1) is 8.27. The van der Waals surface area contributed by atoms with Crippen LogP contribution in [0.4, 0.5) is 0 Å². The molecule has 0 spiro atoms. The lowest BCUT2D eigenvalue weighted by Crippen LogP contribution is -2.15. The summed E-state index contributed by atoms with van der Waals surface area (Å²) in [5, 5.41) is 0. The highest BCUT2D eigenvalue weighted by atomic mass is 14.7. The van der Waals surface area contributed by atoms with Gasteiger partial charge in [0.15, 0.2) is 0 Å². The molecule has 1 heteroatoms. The molecule has 1 aliphatic carbocycles. The molecular formula is C16H17N. The van der Waals surface area contributed by atoms with Crippen molar-refractivity contribution in [1.29, 1.82) is 0 Å². The molecule has 3 rings (SSSR count). The topological polar surface area (TPSA) is 26.0 Å². The summed E-state index contributed by atoms with van der Waals surface area (Å²) in [5.74, 6) is 0.437. The van der Waals surface area contributed by atoms with Crippen molar-refractivity contribution in [3.05, 3.63) is 70.8 Å². The van der Waals surface area contributed by atoms with Crippen LogP contribution in [0.15, 0.2) is 48.5 Å². The molecule has 2 aromatic rings. The summed E-state index contributed by atoms with van der Waals surface area (Å²) in [6.45, 7) is 2.18. The van der Waals surface area contributed by atoms with E-state index in [-0.39, 0.29) is 6.04 Å². The third-order valence-electron chi connectivity index (χ3n) is 3.89. The lowest BCUT2D eigenvalue weighted by molar-refractivity contribution is 0.602. The van der Waals surface area contributed by atoms with E-state index in [4.69, 9.17) is 5.73 Å². The van der Waals surface area contributed by atoms with E-state index in [1.807, 2.05) is 0 Å². The maximum atomic E-state index is 6.39. The lowest BCUT2D eigenvalue weighted by Gasteiger charge is -2.16. The minimum atomic E-state index is 0.146. The highest BCUT2D eigenvalue weighted by Gasteiger charge is 2.31. The molecule has 2 atom stereocenters. The molecule has 1 aliphatic rings. The molecule has 1 nitrogen and oxygen atoms in total. The van der Waals surface area contributed by atoms with Crippen LogP contribution in [-0.2, 0) is 6.42 Å². The molecule has 0 aromatic heterocycles. The number of rotatable bonds is 1. The Labute approximate surface area is 102 Å². The van der Waals surface area contributed by atoms with Gasteiger partial charge in [-0.2, -0.15) is 0 Å². The van der Waals surface area contributed by atoms with E-state index < -0.39 is 0 Å². The van der Waals surface area contributed by atoms with E-state index in [0.29, 0.717) is 5.92 Å². The van der Waals surface area contributed by atoms with Crippen LogP contribution in [0.3, 0.4) is 0 Å². The maximum Gasteiger partial charge on any atom is 0.0370 e. The Kier molecular flexibility index (Phi) is 2.49. The fraction of sp³-hybridized carbons (Fsp3) is 0.250. The fourth-order valence-electron chi connectivity index (χ4n) is 2.91. The number of benzene rings is 2. The van der Waals surface area contributed by atoms with Gasteiger partial charge in [0.1, 0.15) is 0 Å². The SMILES string of the molecule is Cc1cccc2c1CC(c1ccccc1)C2N. The van der Waals surface area contributed by atoms with Gasteiger partial charge < -0.3 is 5.73 Å². The standard InChI is InChI=1S/C16H17N/c1-11-6-5-9-13-14(11)10-15(16(13)17)12-7-3-2-4-8-12/h2-9,15-16H,10,17H2,1H3. The molecule has 2 N–H and O–H groups in total. The Morgan fingerprint density at radius 2 is 1.76 bits per heavy atom. The van der Waals surface area contributed by atoms with Crippen molar-refractivity contribution >= 4 is 0 Å². The molecule has 0 saturated heterocycles. The molecule has 86 valence electrons. The zero-order valence-electron chi connectivity index (χ0n) is 10.1. The smallest absolute Gasteiger partial charge is 0.0370 e. The lowest BCUT2D eigenvalue weighted by atomic mass is 9.93. The minimum Gasteiger partial charge on any atom is -0.323 e. The third kappa shape index (κ3) is 1.67. The second kappa shape index (κ2) is 4.01. The normalized spacial score (nSPS) is 22.5. The maximum absolute atomic E-state index is 6.39. The van der Waals surface area contributed by atoms with Crippen LogP contribution < -0.4 is 5.73 Å². The van der Waals surface area contributed by atoms with Crippen molar-refractivity contribution in [2.75, 3.05) is 0 Å². The van der Waals surface area contributed by atoms with Crippen LogP contribution >= 0.6 is 0 Å². The first-order valence-electron chi connectivity index (χ1n) is 6.16. The number of nitrogens with two attached hydrogens (primary N) is 1. The Morgan fingerprint density at radius 1 is 1.00 bits per heavy atom. The first kappa shape index (κ1) is 10.5. The predicted molar refractivity (Wildman–Crippen MR) is 71.0 cm³/mol. The van der Waals surface area contributed by atoms with E-state index in [1.54, 1.807) is 0 Å². The van der Waals surface area contributed by atoms with Crippen LogP contribution in [0, 0.1) is 6.92 Å². The summed E-state index contributed by atoms with van der Waals surface area (Å²) in [6.07, 6.45) is 1.08. The summed E-state index contributed by atoms with van der Waals surface area (Å²) in [7, 11) is 0. The average molecular weight is 223 g/mol. The van der Waals surface area contributed by atoms with Crippen LogP contribution in [0.25, 0.3) is 0 Å². The van der Waals surface area contributed by atoms with Gasteiger partial charge in [0.2, 0.25) is 0 Å². The molecule has 0 amide bonds. The van der Waals surface area contributed by atoms with Gasteiger partial charge in [0.05, 0.1) is 0 Å². The minimum absolute atomic E-state index is 0.146. The monoisotopic (exact) mass is 223 g/mol. The molecule has 2 unspecified atom stereocenters. The highest BCUT2D eigenvalue weighted by Crippen LogP contribution is 2.41. The molecule has 0 saturated carbocycles. The van der Waals surface area contributed by atoms with Crippen LogP contribution in [0.5, 0.6) is 0 Å². The first-order valence-corrected chi connectivity index (χ1v) is 6.16. The van der Waals surface area contributed by atoms with Crippen molar-refractivity contribution in [2.45, 2.75) is 25.3 Å². The highest BCUT2D eigenvalue weighted by molar-refractivity contribution is 5.45. The van der Waals surface area contributed by atoms with E-state index in [2.05, 4.69) is 55.5 Å². The van der Waals surface area contributed by atoms with E-state index in [0.717, 1.165) is 6.42 Å². The van der Waals surface area contributed by atoms with Crippen LogP contribution in [0.1, 0.15) is 34.2 Å². The summed E-state index contributed by atoms with van der Waals surface area (Å²) < 4.78 is 0. The largest absolute Gasteiger partial charge is 0.323 e. The van der Waals surface area contributed by atoms with E-state index in [1.165, 1.54) is 22.3 Å². The molecule has 0 aliphatic heterocycles. The van der Waals surface area contributed by atoms with Crippen molar-refractivity contribution in [1.82, 2.24) is 0 Å². The Balaban J connectivity index is 2.02. The molecule has 2 aromatic carbocycles. The van der Waals surface area contributed by atoms with Gasteiger partial charge in [-0.15, -0.1) is 0 Å². The van der Waals surface area contributed by atoms with E-state index >= 15 is 0 Å². The summed E-state index contributed by atoms with van der Waals surface area (Å²) in [4.78, 5) is 0. The molecule has 17 heavy (non-hydrogen) atoms. The zero-order chi connectivity index (χ0) is 11.8. The van der Waals surface area contributed by atoms with Crippen molar-refractivity contribution in [3.63, 3.8) is 0 Å². The second-order valence-electron chi connectivity index (χ2n) is 4.89. The number of aryl methyl sites for hydroxylation is 1. The molecule has 0 heterocycles.